The molecule has 8 heteroatoms. The molecule has 3 aromatic carbocycles. The molecule has 0 fully saturated rings. The van der Waals surface area contributed by atoms with Gasteiger partial charge in [0.15, 0.2) is 0 Å². The molecule has 0 radical (unpaired) electrons. The molecular formula is C32H41N3O4S. The first-order valence-corrected chi connectivity index (χ1v) is 15.4. The monoisotopic (exact) mass is 563 g/mol. The molecule has 0 unspecified atom stereocenters. The maximum Gasteiger partial charge on any atom is 0.264 e. The highest BCUT2D eigenvalue weighted by Gasteiger charge is 2.34. The third kappa shape index (κ3) is 7.50. The van der Waals surface area contributed by atoms with Gasteiger partial charge < -0.3 is 10.2 Å². The predicted octanol–water partition coefficient (Wildman–Crippen LogP) is 5.39. The van der Waals surface area contributed by atoms with Crippen molar-refractivity contribution >= 4 is 27.5 Å². The minimum Gasteiger partial charge on any atom is -0.354 e. The van der Waals surface area contributed by atoms with Crippen molar-refractivity contribution in [2.45, 2.75) is 71.4 Å². The van der Waals surface area contributed by atoms with Crippen LogP contribution in [-0.4, -0.2) is 44.3 Å². The fourth-order valence-electron chi connectivity index (χ4n) is 4.58. The molecule has 0 bridgehead atoms. The molecule has 0 aliphatic heterocycles. The van der Waals surface area contributed by atoms with Crippen molar-refractivity contribution in [2.24, 2.45) is 0 Å². The maximum atomic E-state index is 14.1. The quantitative estimate of drug-likeness (QED) is 0.302. The Labute approximate surface area is 239 Å². The van der Waals surface area contributed by atoms with Crippen molar-refractivity contribution < 1.29 is 18.0 Å². The zero-order chi connectivity index (χ0) is 29.3. The van der Waals surface area contributed by atoms with Gasteiger partial charge in [0.2, 0.25) is 11.8 Å². The van der Waals surface area contributed by atoms with Gasteiger partial charge in [0.25, 0.3) is 10.0 Å². The van der Waals surface area contributed by atoms with E-state index in [1.807, 2.05) is 71.0 Å². The summed E-state index contributed by atoms with van der Waals surface area (Å²) in [6, 6.07) is 20.9. The standard InChI is InChI=1S/C32H41N3O4S/c1-6-21-33-32(37)29(8-3)34(22-26-17-13-24(4)14-18-26)31(36)23-35(30-12-10-9-11-27(30)7-2)40(38,39)28-19-15-25(5)16-20-28/h9-20,29H,6-8,21-23H2,1-5H3,(H,33,37)/t29-/m1/s1. The molecule has 2 amide bonds. The van der Waals surface area contributed by atoms with Gasteiger partial charge in [-0.2, -0.15) is 0 Å². The Kier molecular flexibility index (Phi) is 10.9. The molecule has 1 N–H and O–H groups in total. The van der Waals surface area contributed by atoms with Gasteiger partial charge in [0.1, 0.15) is 12.6 Å². The summed E-state index contributed by atoms with van der Waals surface area (Å²) < 4.78 is 29.3. The Morgan fingerprint density at radius 2 is 1.45 bits per heavy atom. The molecule has 3 aromatic rings. The van der Waals surface area contributed by atoms with Crippen molar-refractivity contribution in [1.29, 1.82) is 0 Å². The van der Waals surface area contributed by atoms with E-state index in [1.54, 1.807) is 36.4 Å². The zero-order valence-corrected chi connectivity index (χ0v) is 25.0. The van der Waals surface area contributed by atoms with Crippen molar-refractivity contribution in [3.05, 3.63) is 95.1 Å². The highest BCUT2D eigenvalue weighted by Crippen LogP contribution is 2.28. The minimum atomic E-state index is -4.09. The third-order valence-corrected chi connectivity index (χ3v) is 8.71. The van der Waals surface area contributed by atoms with Crippen molar-refractivity contribution in [3.63, 3.8) is 0 Å². The first-order valence-electron chi connectivity index (χ1n) is 13.9. The first-order chi connectivity index (χ1) is 19.1. The van der Waals surface area contributed by atoms with Gasteiger partial charge >= 0.3 is 0 Å². The Hall–Kier alpha value is -3.65. The Morgan fingerprint density at radius 1 is 0.850 bits per heavy atom. The lowest BCUT2D eigenvalue weighted by Gasteiger charge is -2.33. The molecule has 0 saturated carbocycles. The highest BCUT2D eigenvalue weighted by molar-refractivity contribution is 7.92. The molecule has 214 valence electrons. The van der Waals surface area contributed by atoms with E-state index in [0.717, 1.165) is 28.7 Å². The van der Waals surface area contributed by atoms with E-state index in [2.05, 4.69) is 5.32 Å². The number of hydrogen-bond donors (Lipinski definition) is 1. The number of hydrogen-bond acceptors (Lipinski definition) is 4. The van der Waals surface area contributed by atoms with Crippen LogP contribution in [0.15, 0.2) is 77.7 Å². The Balaban J connectivity index is 2.08. The number of carbonyl (C=O) groups excluding carboxylic acids is 2. The van der Waals surface area contributed by atoms with Crippen molar-refractivity contribution in [1.82, 2.24) is 10.2 Å². The molecule has 0 aliphatic carbocycles. The van der Waals surface area contributed by atoms with Gasteiger partial charge in [0.05, 0.1) is 10.6 Å². The Bertz CT molecular complexity index is 1390. The van der Waals surface area contributed by atoms with Crippen LogP contribution in [0.4, 0.5) is 5.69 Å². The number of carbonyl (C=O) groups is 2. The van der Waals surface area contributed by atoms with E-state index in [4.69, 9.17) is 0 Å². The SMILES string of the molecule is CCCNC(=O)[C@@H](CC)N(Cc1ccc(C)cc1)C(=O)CN(c1ccccc1CC)S(=O)(=O)c1ccc(C)cc1. The fraction of sp³-hybridized carbons (Fsp3) is 0.375. The van der Waals surface area contributed by atoms with Gasteiger partial charge in [-0.1, -0.05) is 86.5 Å². The third-order valence-electron chi connectivity index (χ3n) is 6.94. The van der Waals surface area contributed by atoms with Crippen LogP contribution >= 0.6 is 0 Å². The largest absolute Gasteiger partial charge is 0.354 e. The van der Waals surface area contributed by atoms with Crippen LogP contribution in [0.3, 0.4) is 0 Å². The second-order valence-corrected chi connectivity index (χ2v) is 11.9. The summed E-state index contributed by atoms with van der Waals surface area (Å²) in [4.78, 5) is 29.0. The smallest absolute Gasteiger partial charge is 0.264 e. The summed E-state index contributed by atoms with van der Waals surface area (Å²) in [5, 5.41) is 2.91. The lowest BCUT2D eigenvalue weighted by Crippen LogP contribution is -2.52. The average molecular weight is 564 g/mol. The Morgan fingerprint density at radius 3 is 2.02 bits per heavy atom. The van der Waals surface area contributed by atoms with Gasteiger partial charge in [-0.05, 0) is 62.4 Å². The van der Waals surface area contributed by atoms with E-state index in [0.29, 0.717) is 25.1 Å². The van der Waals surface area contributed by atoms with Gasteiger partial charge in [-0.3, -0.25) is 13.9 Å². The summed E-state index contributed by atoms with van der Waals surface area (Å²) in [5.74, 6) is -0.688. The topological polar surface area (TPSA) is 86.8 Å². The summed E-state index contributed by atoms with van der Waals surface area (Å²) in [6.45, 7) is 9.90. The van der Waals surface area contributed by atoms with Gasteiger partial charge in [0, 0.05) is 13.1 Å². The molecule has 0 aromatic heterocycles. The van der Waals surface area contributed by atoms with E-state index in [-0.39, 0.29) is 17.3 Å². The molecule has 1 atom stereocenters. The van der Waals surface area contributed by atoms with E-state index in [1.165, 1.54) is 9.21 Å². The van der Waals surface area contributed by atoms with Crippen LogP contribution in [0.5, 0.6) is 0 Å². The van der Waals surface area contributed by atoms with Crippen LogP contribution < -0.4 is 9.62 Å². The van der Waals surface area contributed by atoms with Gasteiger partial charge in [-0.15, -0.1) is 0 Å². The van der Waals surface area contributed by atoms with Gasteiger partial charge in [-0.25, -0.2) is 8.42 Å². The first kappa shape index (κ1) is 30.9. The number of para-hydroxylation sites is 1. The van der Waals surface area contributed by atoms with Crippen LogP contribution in [0.2, 0.25) is 0 Å². The van der Waals surface area contributed by atoms with Crippen LogP contribution in [0.1, 0.15) is 55.9 Å². The summed E-state index contributed by atoms with van der Waals surface area (Å²) in [7, 11) is -4.09. The number of amides is 2. The summed E-state index contributed by atoms with van der Waals surface area (Å²) in [6.07, 6.45) is 1.75. The molecule has 0 aliphatic rings. The number of nitrogens with one attached hydrogen (secondary N) is 1. The summed E-state index contributed by atoms with van der Waals surface area (Å²) in [5.41, 5.74) is 4.15. The number of anilines is 1. The fourth-order valence-corrected chi connectivity index (χ4v) is 6.03. The van der Waals surface area contributed by atoms with Crippen molar-refractivity contribution in [3.8, 4) is 0 Å². The predicted molar refractivity (Wildman–Crippen MR) is 161 cm³/mol. The highest BCUT2D eigenvalue weighted by atomic mass is 32.2. The van der Waals surface area contributed by atoms with Crippen LogP contribution in [0, 0.1) is 13.8 Å². The number of nitrogens with zero attached hydrogens (tertiary/aromatic N) is 2. The van der Waals surface area contributed by atoms with Crippen molar-refractivity contribution in [2.75, 3.05) is 17.4 Å². The van der Waals surface area contributed by atoms with E-state index < -0.39 is 28.5 Å². The molecule has 3 rings (SSSR count). The number of sulfonamides is 1. The second kappa shape index (κ2) is 14.1. The lowest BCUT2D eigenvalue weighted by atomic mass is 10.1. The second-order valence-electron chi connectivity index (χ2n) is 10.0. The number of benzene rings is 3. The maximum absolute atomic E-state index is 14.1. The van der Waals surface area contributed by atoms with E-state index >= 15 is 0 Å². The lowest BCUT2D eigenvalue weighted by molar-refractivity contribution is -0.140. The van der Waals surface area contributed by atoms with Crippen LogP contribution in [-0.2, 0) is 32.6 Å². The zero-order valence-electron chi connectivity index (χ0n) is 24.2. The van der Waals surface area contributed by atoms with Crippen LogP contribution in [0.25, 0.3) is 0 Å². The molecular weight excluding hydrogens is 522 g/mol. The molecule has 0 spiro atoms. The molecule has 0 heterocycles. The normalized spacial score (nSPS) is 12.0. The average Bonchev–Trinajstić information content (AvgIpc) is 2.95. The summed E-state index contributed by atoms with van der Waals surface area (Å²) >= 11 is 0. The molecule has 0 saturated heterocycles. The number of rotatable bonds is 13. The number of aryl methyl sites for hydroxylation is 3. The minimum absolute atomic E-state index is 0.106. The molecule has 7 nitrogen and oxygen atoms in total. The van der Waals surface area contributed by atoms with E-state index in [9.17, 15) is 18.0 Å². The molecule has 40 heavy (non-hydrogen) atoms.